The van der Waals surface area contributed by atoms with E-state index in [0.717, 1.165) is 43.1 Å². The molecule has 1 aliphatic rings. The minimum atomic E-state index is -1.09. The number of carbonyl (C=O) groups is 1. The number of nitrogens with two attached hydrogens (primary N) is 1. The van der Waals surface area contributed by atoms with Gasteiger partial charge in [0.25, 0.3) is 0 Å². The molecule has 0 saturated carbocycles. The van der Waals surface area contributed by atoms with Crippen molar-refractivity contribution in [1.29, 1.82) is 0 Å². The van der Waals surface area contributed by atoms with E-state index in [0.29, 0.717) is 29.1 Å². The van der Waals surface area contributed by atoms with Crippen LogP contribution in [0.3, 0.4) is 0 Å². The van der Waals surface area contributed by atoms with Gasteiger partial charge in [-0.25, -0.2) is 23.4 Å². The Bertz CT molecular complexity index is 1480. The second-order valence-corrected chi connectivity index (χ2v) is 9.39. The zero-order valence-corrected chi connectivity index (χ0v) is 21.2. The standard InChI is InChI=1S/C27H29F2N7O3/c28-21-5-1-6-23(26(21)29)36-18(12-24(30)38)13-25(34-36)33-27-20-8-7-19(14-22(20)31-16-32-27)39-11-3-10-35-9-2-4-17(35)15-37/h1,5-8,13-14,16-17,37H,2-4,9-12,15H2,(H2,30,38)(H,31,32,33,34)/t17-/m1/s1. The number of aliphatic hydroxyl groups is 1. The Kier molecular flexibility index (Phi) is 7.94. The lowest BCUT2D eigenvalue weighted by Gasteiger charge is -2.22. The summed E-state index contributed by atoms with van der Waals surface area (Å²) in [6.45, 7) is 2.61. The lowest BCUT2D eigenvalue weighted by atomic mass is 10.2. The molecule has 1 saturated heterocycles. The Labute approximate surface area is 223 Å². The Hall–Kier alpha value is -4.16. The molecule has 4 aromatic rings. The van der Waals surface area contributed by atoms with Gasteiger partial charge >= 0.3 is 0 Å². The van der Waals surface area contributed by atoms with Gasteiger partial charge < -0.3 is 20.9 Å². The smallest absolute Gasteiger partial charge is 0.223 e. The molecular formula is C27H29F2N7O3. The van der Waals surface area contributed by atoms with Gasteiger partial charge in [-0.05, 0) is 50.1 Å². The number of aliphatic hydroxyl groups excluding tert-OH is 1. The van der Waals surface area contributed by atoms with Gasteiger partial charge in [0.1, 0.15) is 23.6 Å². The van der Waals surface area contributed by atoms with Crippen molar-refractivity contribution in [2.24, 2.45) is 5.73 Å². The monoisotopic (exact) mass is 537 g/mol. The molecule has 1 atom stereocenters. The van der Waals surface area contributed by atoms with Gasteiger partial charge in [0.05, 0.1) is 30.8 Å². The largest absolute Gasteiger partial charge is 0.493 e. The van der Waals surface area contributed by atoms with Gasteiger partial charge in [-0.2, -0.15) is 0 Å². The van der Waals surface area contributed by atoms with E-state index in [1.54, 1.807) is 0 Å². The van der Waals surface area contributed by atoms with Crippen LogP contribution in [0.25, 0.3) is 16.6 Å². The first-order valence-corrected chi connectivity index (χ1v) is 12.7. The lowest BCUT2D eigenvalue weighted by Crippen LogP contribution is -2.33. The molecule has 39 heavy (non-hydrogen) atoms. The second kappa shape index (κ2) is 11.7. The molecule has 0 unspecified atom stereocenters. The zero-order chi connectivity index (χ0) is 27.4. The molecular weight excluding hydrogens is 508 g/mol. The minimum absolute atomic E-state index is 0.148. The van der Waals surface area contributed by atoms with Crippen LogP contribution in [0.2, 0.25) is 0 Å². The van der Waals surface area contributed by atoms with Crippen LogP contribution in [0.4, 0.5) is 20.4 Å². The molecule has 2 aromatic carbocycles. The summed E-state index contributed by atoms with van der Waals surface area (Å²) in [5, 5.41) is 17.6. The number of aromatic nitrogens is 4. The molecule has 5 rings (SSSR count). The van der Waals surface area contributed by atoms with Crippen molar-refractivity contribution < 1.29 is 23.4 Å². The number of nitrogens with one attached hydrogen (secondary N) is 1. The van der Waals surface area contributed by atoms with Crippen molar-refractivity contribution in [2.75, 3.05) is 31.6 Å². The van der Waals surface area contributed by atoms with E-state index in [1.165, 1.54) is 24.5 Å². The summed E-state index contributed by atoms with van der Waals surface area (Å²) in [5.41, 5.74) is 6.13. The average Bonchev–Trinajstić information content (AvgIpc) is 3.54. The summed E-state index contributed by atoms with van der Waals surface area (Å²) >= 11 is 0. The number of benzene rings is 2. The molecule has 0 spiro atoms. The van der Waals surface area contributed by atoms with E-state index in [9.17, 15) is 18.7 Å². The van der Waals surface area contributed by atoms with E-state index in [-0.39, 0.29) is 36.3 Å². The molecule has 3 heterocycles. The third kappa shape index (κ3) is 5.96. The maximum Gasteiger partial charge on any atom is 0.223 e. The minimum Gasteiger partial charge on any atom is -0.493 e. The molecule has 1 fully saturated rings. The number of nitrogens with zero attached hydrogens (tertiary/aromatic N) is 5. The van der Waals surface area contributed by atoms with Crippen molar-refractivity contribution in [3.8, 4) is 11.4 Å². The predicted octanol–water partition coefficient (Wildman–Crippen LogP) is 3.09. The van der Waals surface area contributed by atoms with Crippen molar-refractivity contribution in [3.63, 3.8) is 0 Å². The van der Waals surface area contributed by atoms with Crippen LogP contribution >= 0.6 is 0 Å². The van der Waals surface area contributed by atoms with Crippen LogP contribution in [0.5, 0.6) is 5.75 Å². The first-order chi connectivity index (χ1) is 18.9. The number of amides is 1. The number of ether oxygens (including phenoxy) is 1. The molecule has 0 aliphatic carbocycles. The summed E-state index contributed by atoms with van der Waals surface area (Å²) in [4.78, 5) is 22.6. The van der Waals surface area contributed by atoms with E-state index >= 15 is 0 Å². The highest BCUT2D eigenvalue weighted by Gasteiger charge is 2.23. The molecule has 2 aromatic heterocycles. The maximum absolute atomic E-state index is 14.5. The molecule has 1 aliphatic heterocycles. The lowest BCUT2D eigenvalue weighted by molar-refractivity contribution is -0.117. The van der Waals surface area contributed by atoms with Crippen LogP contribution in [0, 0.1) is 11.6 Å². The van der Waals surface area contributed by atoms with Gasteiger partial charge in [-0.1, -0.05) is 6.07 Å². The maximum atomic E-state index is 14.5. The average molecular weight is 538 g/mol. The van der Waals surface area contributed by atoms with Crippen LogP contribution in [-0.4, -0.2) is 68.0 Å². The normalized spacial score (nSPS) is 15.6. The Morgan fingerprint density at radius 1 is 1.21 bits per heavy atom. The molecule has 10 nitrogen and oxygen atoms in total. The number of hydrogen-bond acceptors (Lipinski definition) is 8. The number of hydrogen-bond donors (Lipinski definition) is 3. The number of likely N-dealkylation sites (tertiary alicyclic amines) is 1. The Balaban J connectivity index is 1.31. The molecule has 12 heteroatoms. The van der Waals surface area contributed by atoms with Crippen molar-refractivity contribution in [3.05, 3.63) is 66.1 Å². The third-order valence-corrected chi connectivity index (χ3v) is 6.72. The van der Waals surface area contributed by atoms with Crippen LogP contribution in [0.1, 0.15) is 25.0 Å². The number of halogens is 2. The third-order valence-electron chi connectivity index (χ3n) is 6.72. The van der Waals surface area contributed by atoms with Crippen molar-refractivity contribution in [2.45, 2.75) is 31.7 Å². The Morgan fingerprint density at radius 3 is 2.90 bits per heavy atom. The molecule has 0 bridgehead atoms. The Morgan fingerprint density at radius 2 is 2.08 bits per heavy atom. The van der Waals surface area contributed by atoms with Crippen molar-refractivity contribution in [1.82, 2.24) is 24.6 Å². The van der Waals surface area contributed by atoms with E-state index in [1.807, 2.05) is 18.2 Å². The van der Waals surface area contributed by atoms with Crippen LogP contribution in [-0.2, 0) is 11.2 Å². The molecule has 1 amide bonds. The quantitative estimate of drug-likeness (QED) is 0.249. The fraction of sp³-hybridized carbons (Fsp3) is 0.333. The first kappa shape index (κ1) is 26.4. The predicted molar refractivity (Wildman–Crippen MR) is 141 cm³/mol. The number of fused-ring (bicyclic) bond motifs is 1. The summed E-state index contributed by atoms with van der Waals surface area (Å²) in [6.07, 6.45) is 4.15. The van der Waals surface area contributed by atoms with Gasteiger partial charge in [0, 0.05) is 30.1 Å². The van der Waals surface area contributed by atoms with E-state index in [4.69, 9.17) is 10.5 Å². The summed E-state index contributed by atoms with van der Waals surface area (Å²) in [6, 6.07) is 10.9. The molecule has 0 radical (unpaired) electrons. The van der Waals surface area contributed by atoms with Gasteiger partial charge in [-0.15, -0.1) is 5.10 Å². The summed E-state index contributed by atoms with van der Waals surface area (Å²) < 4.78 is 35.4. The van der Waals surface area contributed by atoms with E-state index < -0.39 is 17.5 Å². The SMILES string of the molecule is NC(=O)Cc1cc(Nc2ncnc3cc(OCCCN4CCC[C@@H]4CO)ccc23)nn1-c1cccc(F)c1F. The zero-order valence-electron chi connectivity index (χ0n) is 21.2. The number of primary amides is 1. The topological polar surface area (TPSA) is 131 Å². The summed E-state index contributed by atoms with van der Waals surface area (Å²) in [5.74, 6) is -1.40. The van der Waals surface area contributed by atoms with Gasteiger partial charge in [0.15, 0.2) is 17.5 Å². The highest BCUT2D eigenvalue weighted by atomic mass is 19.2. The first-order valence-electron chi connectivity index (χ1n) is 12.7. The number of rotatable bonds is 11. The summed E-state index contributed by atoms with van der Waals surface area (Å²) in [7, 11) is 0. The highest BCUT2D eigenvalue weighted by Crippen LogP contribution is 2.28. The fourth-order valence-electron chi connectivity index (χ4n) is 4.85. The van der Waals surface area contributed by atoms with Crippen molar-refractivity contribution >= 4 is 28.4 Å². The van der Waals surface area contributed by atoms with Crippen LogP contribution in [0.15, 0.2) is 48.8 Å². The van der Waals surface area contributed by atoms with Gasteiger partial charge in [0.2, 0.25) is 5.91 Å². The number of anilines is 2. The second-order valence-electron chi connectivity index (χ2n) is 9.39. The highest BCUT2D eigenvalue weighted by molar-refractivity contribution is 5.91. The van der Waals surface area contributed by atoms with Crippen LogP contribution < -0.4 is 15.8 Å². The molecule has 204 valence electrons. The number of carbonyl (C=O) groups excluding carboxylic acids is 1. The fourth-order valence-corrected chi connectivity index (χ4v) is 4.85. The van der Waals surface area contributed by atoms with Gasteiger partial charge in [-0.3, -0.25) is 9.69 Å². The molecule has 4 N–H and O–H groups in total. The van der Waals surface area contributed by atoms with E-state index in [2.05, 4.69) is 25.3 Å².